The third kappa shape index (κ3) is 2.48. The predicted octanol–water partition coefficient (Wildman–Crippen LogP) is 2.57. The van der Waals surface area contributed by atoms with E-state index in [1.165, 1.54) is 12.1 Å². The van der Waals surface area contributed by atoms with Crippen LogP contribution in [0.5, 0.6) is 17.2 Å². The zero-order valence-corrected chi connectivity index (χ0v) is 10.8. The van der Waals surface area contributed by atoms with Crippen LogP contribution in [0.1, 0.15) is 5.56 Å². The van der Waals surface area contributed by atoms with Gasteiger partial charge in [-0.2, -0.15) is 0 Å². The quantitative estimate of drug-likeness (QED) is 0.517. The Morgan fingerprint density at radius 1 is 1.11 bits per heavy atom. The number of benzene rings is 1. The molecule has 0 fully saturated rings. The highest BCUT2D eigenvalue weighted by atomic mass is 79.9. The summed E-state index contributed by atoms with van der Waals surface area (Å²) >= 11 is 3.29. The van der Waals surface area contributed by atoms with Crippen molar-refractivity contribution in [3.63, 3.8) is 0 Å². The highest BCUT2D eigenvalue weighted by molar-refractivity contribution is 9.10. The van der Waals surface area contributed by atoms with Crippen molar-refractivity contribution in [2.75, 3.05) is 5.32 Å². The third-order valence-corrected chi connectivity index (χ3v) is 3.07. The summed E-state index contributed by atoms with van der Waals surface area (Å²) in [7, 11) is 0. The van der Waals surface area contributed by atoms with Crippen LogP contribution in [0.3, 0.4) is 0 Å². The molecule has 94 valence electrons. The number of halogens is 1. The topological polar surface area (TPSA) is 85.6 Å². The van der Waals surface area contributed by atoms with Gasteiger partial charge in [0, 0.05) is 18.3 Å². The fraction of sp³-hybridized carbons (Fsp3) is 0.0833. The van der Waals surface area contributed by atoms with Crippen LogP contribution in [0.25, 0.3) is 0 Å². The number of phenolic OH excluding ortho intramolecular Hbond substituents is 3. The van der Waals surface area contributed by atoms with E-state index in [0.717, 1.165) is 5.69 Å². The number of rotatable bonds is 3. The van der Waals surface area contributed by atoms with Crippen LogP contribution in [0.4, 0.5) is 5.69 Å². The molecule has 2 rings (SSSR count). The molecule has 6 heteroatoms. The van der Waals surface area contributed by atoms with Gasteiger partial charge in [-0.05, 0) is 40.2 Å². The molecule has 0 aliphatic heterocycles. The maximum atomic E-state index is 9.65. The predicted molar refractivity (Wildman–Crippen MR) is 70.7 cm³/mol. The van der Waals surface area contributed by atoms with Crippen LogP contribution >= 0.6 is 15.9 Å². The summed E-state index contributed by atoms with van der Waals surface area (Å²) in [6.45, 7) is 0.296. The second kappa shape index (κ2) is 5.14. The van der Waals surface area contributed by atoms with Crippen LogP contribution in [0.2, 0.25) is 0 Å². The molecule has 1 heterocycles. The Morgan fingerprint density at radius 3 is 2.61 bits per heavy atom. The molecule has 18 heavy (non-hydrogen) atoms. The van der Waals surface area contributed by atoms with Gasteiger partial charge in [0.15, 0.2) is 11.5 Å². The molecule has 0 atom stereocenters. The van der Waals surface area contributed by atoms with E-state index in [9.17, 15) is 15.3 Å². The fourth-order valence-electron chi connectivity index (χ4n) is 1.46. The molecule has 0 saturated carbocycles. The second-order valence-corrected chi connectivity index (χ2v) is 4.39. The molecule has 1 aromatic heterocycles. The first-order valence-corrected chi connectivity index (χ1v) is 5.96. The van der Waals surface area contributed by atoms with Crippen molar-refractivity contribution in [3.05, 3.63) is 40.6 Å². The number of nitrogens with zero attached hydrogens (tertiary/aromatic N) is 1. The number of phenols is 3. The van der Waals surface area contributed by atoms with Crippen molar-refractivity contribution in [3.8, 4) is 17.2 Å². The number of aromatic nitrogens is 1. The zero-order valence-electron chi connectivity index (χ0n) is 9.26. The smallest absolute Gasteiger partial charge is 0.200 e. The van der Waals surface area contributed by atoms with E-state index in [-0.39, 0.29) is 11.5 Å². The normalized spacial score (nSPS) is 10.3. The Labute approximate surface area is 112 Å². The maximum absolute atomic E-state index is 9.65. The number of pyridine rings is 1. The van der Waals surface area contributed by atoms with Crippen molar-refractivity contribution >= 4 is 21.6 Å². The van der Waals surface area contributed by atoms with E-state index in [1.807, 2.05) is 6.07 Å². The van der Waals surface area contributed by atoms with Gasteiger partial charge in [0.2, 0.25) is 5.75 Å². The first-order chi connectivity index (χ1) is 8.59. The van der Waals surface area contributed by atoms with E-state index in [1.54, 1.807) is 12.3 Å². The van der Waals surface area contributed by atoms with Gasteiger partial charge in [-0.25, -0.2) is 4.98 Å². The van der Waals surface area contributed by atoms with Gasteiger partial charge in [0.25, 0.3) is 0 Å². The SMILES string of the molecule is Oc1ccc(CNc2cccnc2Br)c(O)c1O. The summed E-state index contributed by atoms with van der Waals surface area (Å²) in [5.74, 6) is -1.19. The van der Waals surface area contributed by atoms with E-state index < -0.39 is 5.75 Å². The average molecular weight is 311 g/mol. The molecule has 0 unspecified atom stereocenters. The van der Waals surface area contributed by atoms with Crippen molar-refractivity contribution in [1.29, 1.82) is 0 Å². The van der Waals surface area contributed by atoms with E-state index in [2.05, 4.69) is 26.2 Å². The summed E-state index contributed by atoms with van der Waals surface area (Å²) in [5, 5.41) is 31.3. The molecule has 0 aliphatic rings. The van der Waals surface area contributed by atoms with E-state index in [0.29, 0.717) is 16.7 Å². The van der Waals surface area contributed by atoms with Crippen LogP contribution in [-0.4, -0.2) is 20.3 Å². The average Bonchev–Trinajstić information content (AvgIpc) is 2.37. The van der Waals surface area contributed by atoms with Crippen LogP contribution in [0, 0.1) is 0 Å². The lowest BCUT2D eigenvalue weighted by atomic mass is 10.1. The monoisotopic (exact) mass is 310 g/mol. The third-order valence-electron chi connectivity index (χ3n) is 2.44. The molecule has 0 amide bonds. The van der Waals surface area contributed by atoms with Gasteiger partial charge in [-0.15, -0.1) is 0 Å². The second-order valence-electron chi connectivity index (χ2n) is 3.64. The molecule has 2 aromatic rings. The summed E-state index contributed by atoms with van der Waals surface area (Å²) in [4.78, 5) is 4.05. The van der Waals surface area contributed by atoms with E-state index >= 15 is 0 Å². The zero-order chi connectivity index (χ0) is 13.1. The van der Waals surface area contributed by atoms with Crippen molar-refractivity contribution < 1.29 is 15.3 Å². The molecule has 0 radical (unpaired) electrons. The lowest BCUT2D eigenvalue weighted by molar-refractivity contribution is 0.365. The summed E-state index contributed by atoms with van der Waals surface area (Å²) in [6, 6.07) is 6.46. The van der Waals surface area contributed by atoms with Gasteiger partial charge >= 0.3 is 0 Å². The Balaban J connectivity index is 2.17. The number of hydrogen-bond donors (Lipinski definition) is 4. The summed E-state index contributed by atoms with van der Waals surface area (Å²) in [5.41, 5.74) is 1.24. The minimum absolute atomic E-state index is 0.296. The van der Waals surface area contributed by atoms with Crippen LogP contribution in [0.15, 0.2) is 35.1 Å². The van der Waals surface area contributed by atoms with Gasteiger partial charge in [-0.3, -0.25) is 0 Å². The minimum Gasteiger partial charge on any atom is -0.504 e. The molecule has 1 aromatic carbocycles. The maximum Gasteiger partial charge on any atom is 0.200 e. The largest absolute Gasteiger partial charge is 0.504 e. The molecule has 0 bridgehead atoms. The van der Waals surface area contributed by atoms with Crippen molar-refractivity contribution in [1.82, 2.24) is 4.98 Å². The summed E-state index contributed by atoms with van der Waals surface area (Å²) < 4.78 is 0.660. The fourth-order valence-corrected chi connectivity index (χ4v) is 1.85. The Kier molecular flexibility index (Phi) is 3.57. The Hall–Kier alpha value is -1.95. The Bertz CT molecular complexity index is 575. The Morgan fingerprint density at radius 2 is 1.89 bits per heavy atom. The molecule has 0 saturated heterocycles. The minimum atomic E-state index is -0.514. The van der Waals surface area contributed by atoms with E-state index in [4.69, 9.17) is 0 Å². The highest BCUT2D eigenvalue weighted by Crippen LogP contribution is 2.37. The van der Waals surface area contributed by atoms with Crippen molar-refractivity contribution in [2.24, 2.45) is 0 Å². The number of hydrogen-bond acceptors (Lipinski definition) is 5. The highest BCUT2D eigenvalue weighted by Gasteiger charge is 2.11. The van der Waals surface area contributed by atoms with Gasteiger partial charge < -0.3 is 20.6 Å². The molecule has 5 nitrogen and oxygen atoms in total. The number of nitrogens with one attached hydrogen (secondary N) is 1. The lowest BCUT2D eigenvalue weighted by Crippen LogP contribution is -2.01. The first-order valence-electron chi connectivity index (χ1n) is 5.16. The van der Waals surface area contributed by atoms with Crippen LogP contribution < -0.4 is 5.32 Å². The van der Waals surface area contributed by atoms with Gasteiger partial charge in [0.05, 0.1) is 5.69 Å². The number of anilines is 1. The molecule has 0 aliphatic carbocycles. The van der Waals surface area contributed by atoms with Gasteiger partial charge in [-0.1, -0.05) is 0 Å². The molecule has 4 N–H and O–H groups in total. The molecular weight excluding hydrogens is 300 g/mol. The van der Waals surface area contributed by atoms with Gasteiger partial charge in [0.1, 0.15) is 4.60 Å². The standard InChI is InChI=1S/C12H11BrN2O3/c13-12-8(2-1-5-14-12)15-6-7-3-4-9(16)11(18)10(7)17/h1-5,15-18H,6H2. The first kappa shape index (κ1) is 12.5. The number of aromatic hydroxyl groups is 3. The van der Waals surface area contributed by atoms with Crippen LogP contribution in [-0.2, 0) is 6.54 Å². The molecular formula is C12H11BrN2O3. The van der Waals surface area contributed by atoms with Crippen molar-refractivity contribution in [2.45, 2.75) is 6.54 Å². The summed E-state index contributed by atoms with van der Waals surface area (Å²) in [6.07, 6.45) is 1.65. The lowest BCUT2D eigenvalue weighted by Gasteiger charge is -2.10. The molecule has 0 spiro atoms.